The molecule has 0 radical (unpaired) electrons. The van der Waals surface area contributed by atoms with Gasteiger partial charge in [-0.15, -0.1) is 0 Å². The minimum Gasteiger partial charge on any atom is -0.507 e. The molecule has 2 rings (SSSR count). The SMILES string of the molecule is C=C(C)C(=O)Oc1ccc(-c2ccc(O)c(C(F)(F)F)c2)cc1. The van der Waals surface area contributed by atoms with Crippen LogP contribution in [-0.2, 0) is 11.0 Å². The minimum atomic E-state index is -4.64. The first kappa shape index (κ1) is 16.6. The second-order valence-electron chi connectivity index (χ2n) is 4.92. The molecule has 0 heterocycles. The summed E-state index contributed by atoms with van der Waals surface area (Å²) in [6.45, 7) is 4.96. The summed E-state index contributed by atoms with van der Waals surface area (Å²) in [4.78, 5) is 11.4. The zero-order valence-electron chi connectivity index (χ0n) is 12.1. The van der Waals surface area contributed by atoms with Gasteiger partial charge in [-0.3, -0.25) is 0 Å². The molecule has 0 aliphatic heterocycles. The Labute approximate surface area is 130 Å². The summed E-state index contributed by atoms with van der Waals surface area (Å²) in [6.07, 6.45) is -4.64. The second kappa shape index (κ2) is 6.16. The van der Waals surface area contributed by atoms with E-state index in [1.807, 2.05) is 0 Å². The normalized spacial score (nSPS) is 11.1. The van der Waals surface area contributed by atoms with Gasteiger partial charge in [0, 0.05) is 5.57 Å². The summed E-state index contributed by atoms with van der Waals surface area (Å²) in [5.41, 5.74) is -0.0891. The Morgan fingerprint density at radius 1 is 1.09 bits per heavy atom. The molecule has 3 nitrogen and oxygen atoms in total. The lowest BCUT2D eigenvalue weighted by molar-refractivity contribution is -0.138. The predicted molar refractivity (Wildman–Crippen MR) is 79.0 cm³/mol. The Morgan fingerprint density at radius 3 is 2.17 bits per heavy atom. The third-order valence-corrected chi connectivity index (χ3v) is 3.05. The molecule has 0 fully saturated rings. The molecule has 0 atom stereocenters. The van der Waals surface area contributed by atoms with Crippen LogP contribution >= 0.6 is 0 Å². The predicted octanol–water partition coefficient (Wildman–Crippen LogP) is 4.56. The van der Waals surface area contributed by atoms with Crippen molar-refractivity contribution in [2.75, 3.05) is 0 Å². The number of esters is 1. The fourth-order valence-corrected chi connectivity index (χ4v) is 1.85. The summed E-state index contributed by atoms with van der Waals surface area (Å²) in [6, 6.07) is 9.21. The number of halogens is 3. The van der Waals surface area contributed by atoms with Gasteiger partial charge < -0.3 is 9.84 Å². The number of carbonyl (C=O) groups is 1. The Kier molecular flexibility index (Phi) is 4.45. The van der Waals surface area contributed by atoms with Gasteiger partial charge in [0.1, 0.15) is 11.5 Å². The van der Waals surface area contributed by atoms with Crippen molar-refractivity contribution in [3.05, 3.63) is 60.2 Å². The van der Waals surface area contributed by atoms with Crippen LogP contribution in [0.5, 0.6) is 11.5 Å². The van der Waals surface area contributed by atoms with Crippen LogP contribution in [-0.4, -0.2) is 11.1 Å². The molecular formula is C17H13F3O3. The number of alkyl halides is 3. The molecule has 0 bridgehead atoms. The van der Waals surface area contributed by atoms with Crippen LogP contribution < -0.4 is 4.74 Å². The summed E-state index contributed by atoms with van der Waals surface area (Å²) in [5.74, 6) is -1.15. The number of aromatic hydroxyl groups is 1. The first-order valence-electron chi connectivity index (χ1n) is 6.57. The van der Waals surface area contributed by atoms with Crippen molar-refractivity contribution >= 4 is 5.97 Å². The fraction of sp³-hybridized carbons (Fsp3) is 0.118. The van der Waals surface area contributed by atoms with Gasteiger partial charge in [0.2, 0.25) is 0 Å². The molecule has 0 saturated heterocycles. The zero-order chi connectivity index (χ0) is 17.2. The summed E-state index contributed by atoms with van der Waals surface area (Å²) in [7, 11) is 0. The first-order chi connectivity index (χ1) is 10.7. The molecule has 2 aromatic rings. The Morgan fingerprint density at radius 2 is 1.65 bits per heavy atom. The maximum Gasteiger partial charge on any atom is 0.419 e. The molecule has 2 aromatic carbocycles. The lowest BCUT2D eigenvalue weighted by Crippen LogP contribution is -2.08. The van der Waals surface area contributed by atoms with Crippen molar-refractivity contribution in [2.45, 2.75) is 13.1 Å². The molecular weight excluding hydrogens is 309 g/mol. The van der Waals surface area contributed by atoms with Crippen LogP contribution in [0.15, 0.2) is 54.6 Å². The zero-order valence-corrected chi connectivity index (χ0v) is 12.1. The van der Waals surface area contributed by atoms with Crippen molar-refractivity contribution in [3.8, 4) is 22.6 Å². The van der Waals surface area contributed by atoms with E-state index in [9.17, 15) is 23.1 Å². The maximum absolute atomic E-state index is 12.8. The molecule has 6 heteroatoms. The fourth-order valence-electron chi connectivity index (χ4n) is 1.85. The van der Waals surface area contributed by atoms with Crippen LogP contribution in [0, 0.1) is 0 Å². The second-order valence-corrected chi connectivity index (χ2v) is 4.92. The molecule has 23 heavy (non-hydrogen) atoms. The van der Waals surface area contributed by atoms with E-state index in [4.69, 9.17) is 4.74 Å². The van der Waals surface area contributed by atoms with Gasteiger partial charge in [-0.25, -0.2) is 4.79 Å². The highest BCUT2D eigenvalue weighted by Gasteiger charge is 2.34. The van der Waals surface area contributed by atoms with Crippen molar-refractivity contribution in [1.82, 2.24) is 0 Å². The molecule has 0 spiro atoms. The number of phenols is 1. The highest BCUT2D eigenvalue weighted by Crippen LogP contribution is 2.38. The number of hydrogen-bond donors (Lipinski definition) is 1. The third-order valence-electron chi connectivity index (χ3n) is 3.05. The van der Waals surface area contributed by atoms with Crippen molar-refractivity contribution in [1.29, 1.82) is 0 Å². The lowest BCUT2D eigenvalue weighted by Gasteiger charge is -2.11. The average molecular weight is 322 g/mol. The van der Waals surface area contributed by atoms with Gasteiger partial charge in [-0.1, -0.05) is 24.8 Å². The van der Waals surface area contributed by atoms with Crippen LogP contribution in [0.4, 0.5) is 13.2 Å². The highest BCUT2D eigenvalue weighted by molar-refractivity contribution is 5.88. The maximum atomic E-state index is 12.8. The van der Waals surface area contributed by atoms with Crippen LogP contribution in [0.1, 0.15) is 12.5 Å². The van der Waals surface area contributed by atoms with E-state index >= 15 is 0 Å². The molecule has 0 saturated carbocycles. The van der Waals surface area contributed by atoms with E-state index in [2.05, 4.69) is 6.58 Å². The lowest BCUT2D eigenvalue weighted by atomic mass is 10.0. The Bertz CT molecular complexity index is 747. The number of ether oxygens (including phenoxy) is 1. The number of rotatable bonds is 3. The molecule has 1 N–H and O–H groups in total. The Balaban J connectivity index is 2.30. The largest absolute Gasteiger partial charge is 0.507 e. The number of carbonyl (C=O) groups excluding carboxylic acids is 1. The van der Waals surface area contributed by atoms with Crippen molar-refractivity contribution in [2.24, 2.45) is 0 Å². The molecule has 0 unspecified atom stereocenters. The quantitative estimate of drug-likeness (QED) is 0.512. The van der Waals surface area contributed by atoms with E-state index in [0.29, 0.717) is 5.56 Å². The molecule has 0 aromatic heterocycles. The van der Waals surface area contributed by atoms with E-state index in [1.54, 1.807) is 0 Å². The molecule has 120 valence electrons. The molecule has 0 aliphatic carbocycles. The van der Waals surface area contributed by atoms with Gasteiger partial charge in [0.05, 0.1) is 5.56 Å². The van der Waals surface area contributed by atoms with E-state index in [1.165, 1.54) is 37.3 Å². The van der Waals surface area contributed by atoms with Crippen LogP contribution in [0.2, 0.25) is 0 Å². The van der Waals surface area contributed by atoms with E-state index in [0.717, 1.165) is 12.1 Å². The van der Waals surface area contributed by atoms with Crippen LogP contribution in [0.3, 0.4) is 0 Å². The van der Waals surface area contributed by atoms with Gasteiger partial charge in [0.25, 0.3) is 0 Å². The molecule has 0 aliphatic rings. The van der Waals surface area contributed by atoms with Gasteiger partial charge in [0.15, 0.2) is 0 Å². The average Bonchev–Trinajstić information content (AvgIpc) is 2.47. The smallest absolute Gasteiger partial charge is 0.419 e. The highest BCUT2D eigenvalue weighted by atomic mass is 19.4. The standard InChI is InChI=1S/C17H13F3O3/c1-10(2)16(22)23-13-6-3-11(4-7-13)12-5-8-15(21)14(9-12)17(18,19)20/h3-9,21H,1H2,2H3. The van der Waals surface area contributed by atoms with E-state index < -0.39 is 23.5 Å². The van der Waals surface area contributed by atoms with Crippen molar-refractivity contribution < 1.29 is 27.8 Å². The van der Waals surface area contributed by atoms with Gasteiger partial charge in [-0.2, -0.15) is 13.2 Å². The van der Waals surface area contributed by atoms with Gasteiger partial charge in [-0.05, 0) is 42.3 Å². The monoisotopic (exact) mass is 322 g/mol. The Hall–Kier alpha value is -2.76. The summed E-state index contributed by atoms with van der Waals surface area (Å²) in [5, 5.41) is 9.33. The van der Waals surface area contributed by atoms with E-state index in [-0.39, 0.29) is 16.9 Å². The van der Waals surface area contributed by atoms with Gasteiger partial charge >= 0.3 is 12.1 Å². The summed E-state index contributed by atoms with van der Waals surface area (Å²) < 4.78 is 43.4. The van der Waals surface area contributed by atoms with Crippen LogP contribution in [0.25, 0.3) is 11.1 Å². The number of hydrogen-bond acceptors (Lipinski definition) is 3. The first-order valence-corrected chi connectivity index (χ1v) is 6.57. The van der Waals surface area contributed by atoms with Crippen molar-refractivity contribution in [3.63, 3.8) is 0 Å². The third kappa shape index (κ3) is 3.91. The number of phenolic OH excluding ortho intramolecular Hbond substituents is 1. The minimum absolute atomic E-state index is 0.238. The number of benzene rings is 2. The molecule has 0 amide bonds. The topological polar surface area (TPSA) is 46.5 Å². The summed E-state index contributed by atoms with van der Waals surface area (Å²) >= 11 is 0.